The van der Waals surface area contributed by atoms with Crippen molar-refractivity contribution in [2.45, 2.75) is 12.7 Å². The van der Waals surface area contributed by atoms with Crippen LogP contribution in [0.3, 0.4) is 0 Å². The third-order valence-electron chi connectivity index (χ3n) is 4.87. The molecule has 0 saturated carbocycles. The van der Waals surface area contributed by atoms with E-state index >= 15 is 0 Å². The number of anilines is 1. The van der Waals surface area contributed by atoms with Crippen LogP contribution in [0, 0.1) is 5.82 Å². The number of ether oxygens (including phenoxy) is 2. The summed E-state index contributed by atoms with van der Waals surface area (Å²) in [7, 11) is 3.16. The van der Waals surface area contributed by atoms with Crippen LogP contribution in [0.2, 0.25) is 0 Å². The van der Waals surface area contributed by atoms with E-state index in [0.29, 0.717) is 35.0 Å². The third-order valence-corrected chi connectivity index (χ3v) is 4.87. The highest BCUT2D eigenvalue weighted by Gasteiger charge is 2.38. The maximum Gasteiger partial charge on any atom is 0.258 e. The second-order valence-corrected chi connectivity index (χ2v) is 6.61. The first-order chi connectivity index (χ1) is 14.1. The van der Waals surface area contributed by atoms with Crippen LogP contribution in [0.1, 0.15) is 27.8 Å². The fraction of sp³-hybridized carbons (Fsp3) is 0.182. The van der Waals surface area contributed by atoms with Crippen LogP contribution in [0.15, 0.2) is 60.8 Å². The van der Waals surface area contributed by atoms with Crippen molar-refractivity contribution in [3.63, 3.8) is 0 Å². The van der Waals surface area contributed by atoms with Gasteiger partial charge < -0.3 is 19.7 Å². The number of hydrogen-bond donors (Lipinski definition) is 1. The van der Waals surface area contributed by atoms with Gasteiger partial charge >= 0.3 is 0 Å². The van der Waals surface area contributed by atoms with Gasteiger partial charge in [-0.3, -0.25) is 9.78 Å². The average molecular weight is 393 g/mol. The number of carbonyl (C=O) groups excluding carboxylic acids is 1. The Hall–Kier alpha value is -3.61. The molecule has 2 heterocycles. The molecule has 0 bridgehead atoms. The van der Waals surface area contributed by atoms with Gasteiger partial charge in [-0.1, -0.05) is 12.1 Å². The SMILES string of the molecule is COc1ccc(N[C@H]2c3ncccc3C(=O)N2Cc2ccc(F)cc2)c(OC)c1. The summed E-state index contributed by atoms with van der Waals surface area (Å²) in [5.41, 5.74) is 2.70. The van der Waals surface area contributed by atoms with Gasteiger partial charge in [0.2, 0.25) is 0 Å². The molecule has 6 nitrogen and oxygen atoms in total. The van der Waals surface area contributed by atoms with E-state index in [2.05, 4.69) is 10.3 Å². The molecule has 2 aromatic carbocycles. The van der Waals surface area contributed by atoms with Crippen molar-refractivity contribution in [3.8, 4) is 11.5 Å². The Kier molecular flexibility index (Phi) is 5.03. The van der Waals surface area contributed by atoms with Crippen LogP contribution in [-0.2, 0) is 6.54 Å². The summed E-state index contributed by atoms with van der Waals surface area (Å²) in [5.74, 6) is 0.797. The number of nitrogens with zero attached hydrogens (tertiary/aromatic N) is 2. The summed E-state index contributed by atoms with van der Waals surface area (Å²) in [4.78, 5) is 19.2. The average Bonchev–Trinajstić information content (AvgIpc) is 3.01. The summed E-state index contributed by atoms with van der Waals surface area (Å²) in [6.45, 7) is 0.311. The second-order valence-electron chi connectivity index (χ2n) is 6.61. The van der Waals surface area contributed by atoms with Gasteiger partial charge in [0, 0.05) is 18.8 Å². The molecule has 7 heteroatoms. The number of rotatable bonds is 6. The molecule has 1 amide bonds. The fourth-order valence-corrected chi connectivity index (χ4v) is 3.40. The minimum Gasteiger partial charge on any atom is -0.497 e. The molecule has 1 N–H and O–H groups in total. The number of aromatic nitrogens is 1. The molecular formula is C22H20FN3O3. The number of methoxy groups -OCH3 is 2. The molecule has 0 unspecified atom stereocenters. The van der Waals surface area contributed by atoms with Crippen LogP contribution in [0.4, 0.5) is 10.1 Å². The Morgan fingerprint density at radius 2 is 1.90 bits per heavy atom. The van der Waals surface area contributed by atoms with Gasteiger partial charge in [-0.15, -0.1) is 0 Å². The van der Waals surface area contributed by atoms with E-state index in [1.807, 2.05) is 12.1 Å². The molecule has 148 valence electrons. The van der Waals surface area contributed by atoms with Crippen molar-refractivity contribution in [1.82, 2.24) is 9.88 Å². The highest BCUT2D eigenvalue weighted by atomic mass is 19.1. The minimum atomic E-state index is -0.494. The third kappa shape index (κ3) is 3.59. The zero-order valence-corrected chi connectivity index (χ0v) is 16.1. The molecule has 1 atom stereocenters. The molecule has 29 heavy (non-hydrogen) atoms. The normalized spacial score (nSPS) is 15.2. The van der Waals surface area contributed by atoms with Gasteiger partial charge in [-0.25, -0.2) is 4.39 Å². The first-order valence-corrected chi connectivity index (χ1v) is 9.09. The van der Waals surface area contributed by atoms with E-state index in [-0.39, 0.29) is 11.7 Å². The molecule has 1 aromatic heterocycles. The topological polar surface area (TPSA) is 63.7 Å². The summed E-state index contributed by atoms with van der Waals surface area (Å²) in [5, 5.41) is 3.37. The number of pyridine rings is 1. The van der Waals surface area contributed by atoms with Crippen molar-refractivity contribution >= 4 is 11.6 Å². The summed E-state index contributed by atoms with van der Waals surface area (Å²) >= 11 is 0. The number of benzene rings is 2. The van der Waals surface area contributed by atoms with Gasteiger partial charge in [0.1, 0.15) is 23.5 Å². The molecule has 1 aliphatic rings. The lowest BCUT2D eigenvalue weighted by Crippen LogP contribution is -2.32. The number of halogens is 1. The molecule has 0 fully saturated rings. The van der Waals surface area contributed by atoms with Crippen molar-refractivity contribution in [3.05, 3.63) is 83.4 Å². The number of amides is 1. The van der Waals surface area contributed by atoms with Crippen LogP contribution in [-0.4, -0.2) is 30.0 Å². The van der Waals surface area contributed by atoms with E-state index in [4.69, 9.17) is 9.47 Å². The monoisotopic (exact) mass is 393 g/mol. The van der Waals surface area contributed by atoms with Crippen LogP contribution in [0.25, 0.3) is 0 Å². The van der Waals surface area contributed by atoms with Gasteiger partial charge in [-0.2, -0.15) is 0 Å². The first kappa shape index (κ1) is 18.7. The number of hydrogen-bond acceptors (Lipinski definition) is 5. The predicted octanol–water partition coefficient (Wildman–Crippen LogP) is 4.00. The van der Waals surface area contributed by atoms with E-state index in [9.17, 15) is 9.18 Å². The predicted molar refractivity (Wildman–Crippen MR) is 106 cm³/mol. The Labute approximate surface area is 167 Å². The molecule has 0 spiro atoms. The van der Waals surface area contributed by atoms with Gasteiger partial charge in [-0.05, 0) is 42.0 Å². The van der Waals surface area contributed by atoms with Crippen LogP contribution in [0.5, 0.6) is 11.5 Å². The van der Waals surface area contributed by atoms with Crippen molar-refractivity contribution in [2.75, 3.05) is 19.5 Å². The standard InChI is InChI=1S/C22H20FN3O3/c1-28-16-9-10-18(19(12-16)29-2)25-21-20-17(4-3-11-24-20)22(27)26(21)13-14-5-7-15(23)8-6-14/h3-12,21,25H,13H2,1-2H3/t21-/m1/s1. The Morgan fingerprint density at radius 3 is 2.62 bits per heavy atom. The smallest absolute Gasteiger partial charge is 0.258 e. The zero-order chi connectivity index (χ0) is 20.4. The lowest BCUT2D eigenvalue weighted by molar-refractivity contribution is 0.0727. The zero-order valence-electron chi connectivity index (χ0n) is 16.1. The fourth-order valence-electron chi connectivity index (χ4n) is 3.40. The maximum atomic E-state index is 13.3. The van der Waals surface area contributed by atoms with Gasteiger partial charge in [0.05, 0.1) is 31.2 Å². The maximum absolute atomic E-state index is 13.3. The largest absolute Gasteiger partial charge is 0.497 e. The first-order valence-electron chi connectivity index (χ1n) is 9.09. The minimum absolute atomic E-state index is 0.137. The Balaban J connectivity index is 1.69. The molecular weight excluding hydrogens is 373 g/mol. The van der Waals surface area contributed by atoms with Gasteiger partial charge in [0.25, 0.3) is 5.91 Å². The lowest BCUT2D eigenvalue weighted by atomic mass is 10.2. The summed E-state index contributed by atoms with van der Waals surface area (Å²) in [6, 6.07) is 15.0. The molecule has 3 aromatic rings. The van der Waals surface area contributed by atoms with Crippen molar-refractivity contribution in [2.24, 2.45) is 0 Å². The molecule has 4 rings (SSSR count). The summed E-state index contributed by atoms with van der Waals surface area (Å²) < 4.78 is 24.0. The van der Waals surface area contributed by atoms with Crippen molar-refractivity contribution in [1.29, 1.82) is 0 Å². The highest BCUT2D eigenvalue weighted by Crippen LogP contribution is 2.37. The second kappa shape index (κ2) is 7.79. The quantitative estimate of drug-likeness (QED) is 0.686. The molecule has 0 radical (unpaired) electrons. The van der Waals surface area contributed by atoms with Gasteiger partial charge in [0.15, 0.2) is 0 Å². The Morgan fingerprint density at radius 1 is 1.10 bits per heavy atom. The highest BCUT2D eigenvalue weighted by molar-refractivity contribution is 5.99. The van der Waals surface area contributed by atoms with E-state index in [1.54, 1.807) is 55.6 Å². The van der Waals surface area contributed by atoms with Crippen LogP contribution < -0.4 is 14.8 Å². The Bertz CT molecular complexity index is 1040. The summed E-state index contributed by atoms with van der Waals surface area (Å²) in [6.07, 6.45) is 1.17. The van der Waals surface area contributed by atoms with Crippen LogP contribution >= 0.6 is 0 Å². The number of carbonyl (C=O) groups is 1. The molecule has 1 aliphatic heterocycles. The van der Waals surface area contributed by atoms with E-state index in [1.165, 1.54) is 12.1 Å². The van der Waals surface area contributed by atoms with Crippen molar-refractivity contribution < 1.29 is 18.7 Å². The van der Waals surface area contributed by atoms with E-state index in [0.717, 1.165) is 5.56 Å². The number of nitrogens with one attached hydrogen (secondary N) is 1. The number of fused-ring (bicyclic) bond motifs is 1. The lowest BCUT2D eigenvalue weighted by Gasteiger charge is -2.27. The molecule has 0 saturated heterocycles. The van der Waals surface area contributed by atoms with E-state index < -0.39 is 6.17 Å². The molecule has 0 aliphatic carbocycles.